The second-order valence-corrected chi connectivity index (χ2v) is 3.59. The van der Waals surface area contributed by atoms with Crippen molar-refractivity contribution < 1.29 is 14.2 Å². The first kappa shape index (κ1) is 15.6. The van der Waals surface area contributed by atoms with Crippen molar-refractivity contribution in [3.05, 3.63) is 17.7 Å². The Morgan fingerprint density at radius 2 is 1.24 bits per heavy atom. The summed E-state index contributed by atoms with van der Waals surface area (Å²) in [6.07, 6.45) is 2.19. The molecule has 0 heterocycles. The van der Waals surface area contributed by atoms with E-state index < -0.39 is 0 Å². The van der Waals surface area contributed by atoms with Crippen LogP contribution in [0.5, 0.6) is 17.2 Å². The minimum Gasteiger partial charge on any atom is -0.493 e. The molecule has 0 radical (unpaired) electrons. The predicted octanol–water partition coefficient (Wildman–Crippen LogP) is 3.69. The van der Waals surface area contributed by atoms with Crippen molar-refractivity contribution in [3.63, 3.8) is 0 Å². The zero-order chi connectivity index (χ0) is 13.3. The average Bonchev–Trinajstić information content (AvgIpc) is 2.37. The molecule has 0 aromatic heterocycles. The van der Waals surface area contributed by atoms with E-state index in [4.69, 9.17) is 14.2 Å². The van der Waals surface area contributed by atoms with E-state index in [0.717, 1.165) is 6.42 Å². The second-order valence-electron chi connectivity index (χ2n) is 3.59. The van der Waals surface area contributed by atoms with E-state index in [-0.39, 0.29) is 0 Å². The Morgan fingerprint density at radius 1 is 0.824 bits per heavy atom. The van der Waals surface area contributed by atoms with Gasteiger partial charge in [-0.2, -0.15) is 0 Å². The molecule has 0 atom stereocenters. The maximum atomic E-state index is 5.22. The van der Waals surface area contributed by atoms with Gasteiger partial charge in [-0.25, -0.2) is 0 Å². The number of benzene rings is 1. The third-order valence-electron chi connectivity index (χ3n) is 2.13. The topological polar surface area (TPSA) is 27.7 Å². The van der Waals surface area contributed by atoms with Gasteiger partial charge in [0, 0.05) is 0 Å². The van der Waals surface area contributed by atoms with Crippen molar-refractivity contribution >= 4 is 0 Å². The number of rotatable bonds is 4. The summed E-state index contributed by atoms with van der Waals surface area (Å²) in [4.78, 5) is 0. The highest BCUT2D eigenvalue weighted by Gasteiger charge is 2.11. The lowest BCUT2D eigenvalue weighted by molar-refractivity contribution is 0.324. The monoisotopic (exact) mass is 240 g/mol. The van der Waals surface area contributed by atoms with Gasteiger partial charge in [-0.1, -0.05) is 27.2 Å². The number of ether oxygens (including phenoxy) is 3. The molecule has 0 aliphatic rings. The molecule has 3 nitrogen and oxygen atoms in total. The molecular formula is C14H24O3. The summed E-state index contributed by atoms with van der Waals surface area (Å²) in [7, 11) is 4.85. The van der Waals surface area contributed by atoms with E-state index in [1.165, 1.54) is 12.0 Å². The molecule has 0 bridgehead atoms. The van der Waals surface area contributed by atoms with Crippen molar-refractivity contribution in [2.75, 3.05) is 21.3 Å². The highest BCUT2D eigenvalue weighted by atomic mass is 16.5. The van der Waals surface area contributed by atoms with Gasteiger partial charge >= 0.3 is 0 Å². The zero-order valence-electron chi connectivity index (χ0n) is 11.8. The van der Waals surface area contributed by atoms with Gasteiger partial charge < -0.3 is 14.2 Å². The Balaban J connectivity index is 0.000000770. The number of methoxy groups -OCH3 is 3. The molecule has 0 amide bonds. The molecule has 0 N–H and O–H groups in total. The quantitative estimate of drug-likeness (QED) is 0.803. The molecular weight excluding hydrogens is 216 g/mol. The third kappa shape index (κ3) is 4.55. The van der Waals surface area contributed by atoms with Crippen LogP contribution in [0, 0.1) is 0 Å². The molecule has 0 aliphatic heterocycles. The molecule has 3 heteroatoms. The van der Waals surface area contributed by atoms with Crippen LogP contribution in [0.2, 0.25) is 0 Å². The predicted molar refractivity (Wildman–Crippen MR) is 71.4 cm³/mol. The summed E-state index contributed by atoms with van der Waals surface area (Å²) < 4.78 is 15.6. The van der Waals surface area contributed by atoms with Crippen molar-refractivity contribution in [3.8, 4) is 17.2 Å². The van der Waals surface area contributed by atoms with E-state index >= 15 is 0 Å². The van der Waals surface area contributed by atoms with Crippen LogP contribution in [0.25, 0.3) is 0 Å². The highest BCUT2D eigenvalue weighted by molar-refractivity contribution is 5.53. The van der Waals surface area contributed by atoms with Crippen LogP contribution in [0.1, 0.15) is 32.8 Å². The van der Waals surface area contributed by atoms with Crippen molar-refractivity contribution in [2.45, 2.75) is 33.6 Å². The van der Waals surface area contributed by atoms with E-state index in [0.29, 0.717) is 17.2 Å². The molecule has 1 aromatic rings. The van der Waals surface area contributed by atoms with Gasteiger partial charge in [0.2, 0.25) is 5.75 Å². The zero-order valence-corrected chi connectivity index (χ0v) is 11.8. The highest BCUT2D eigenvalue weighted by Crippen LogP contribution is 2.38. The fourth-order valence-corrected chi connectivity index (χ4v) is 1.34. The first-order valence-corrected chi connectivity index (χ1v) is 5.97. The first-order chi connectivity index (χ1) is 8.18. The van der Waals surface area contributed by atoms with Crippen molar-refractivity contribution in [2.24, 2.45) is 0 Å². The molecule has 0 aliphatic carbocycles. The van der Waals surface area contributed by atoms with E-state index in [1.54, 1.807) is 21.3 Å². The lowest BCUT2D eigenvalue weighted by atomic mass is 10.1. The van der Waals surface area contributed by atoms with Crippen LogP contribution in [0.3, 0.4) is 0 Å². The SMILES string of the molecule is CCC.CCc1cc(OC)c(OC)c(OC)c1. The van der Waals surface area contributed by atoms with Gasteiger partial charge in [0.15, 0.2) is 11.5 Å². The van der Waals surface area contributed by atoms with Crippen LogP contribution >= 0.6 is 0 Å². The fraction of sp³-hybridized carbons (Fsp3) is 0.571. The summed E-state index contributed by atoms with van der Waals surface area (Å²) in [5.74, 6) is 2.07. The summed E-state index contributed by atoms with van der Waals surface area (Å²) in [5.41, 5.74) is 1.17. The van der Waals surface area contributed by atoms with Crippen LogP contribution in [0.4, 0.5) is 0 Å². The summed E-state index contributed by atoms with van der Waals surface area (Å²) >= 11 is 0. The average molecular weight is 240 g/mol. The second kappa shape index (κ2) is 8.74. The van der Waals surface area contributed by atoms with E-state index in [9.17, 15) is 0 Å². The van der Waals surface area contributed by atoms with Crippen LogP contribution in [-0.2, 0) is 6.42 Å². The summed E-state index contributed by atoms with van der Waals surface area (Å²) in [6.45, 7) is 6.33. The Bertz CT molecular complexity index is 296. The number of hydrogen-bond acceptors (Lipinski definition) is 3. The summed E-state index contributed by atoms with van der Waals surface area (Å²) in [5, 5.41) is 0. The van der Waals surface area contributed by atoms with Gasteiger partial charge in [0.1, 0.15) is 0 Å². The minimum atomic E-state index is 0.646. The number of hydrogen-bond donors (Lipinski definition) is 0. The molecule has 98 valence electrons. The molecule has 0 fully saturated rings. The van der Waals surface area contributed by atoms with Gasteiger partial charge in [-0.3, -0.25) is 0 Å². The lowest BCUT2D eigenvalue weighted by Crippen LogP contribution is -1.96. The molecule has 1 aromatic carbocycles. The normalized spacial score (nSPS) is 9.06. The summed E-state index contributed by atoms with van der Waals surface area (Å²) in [6, 6.07) is 3.92. The maximum Gasteiger partial charge on any atom is 0.203 e. The first-order valence-electron chi connectivity index (χ1n) is 5.97. The Kier molecular flexibility index (Phi) is 8.03. The van der Waals surface area contributed by atoms with Gasteiger partial charge in [-0.05, 0) is 24.1 Å². The molecule has 0 saturated heterocycles. The van der Waals surface area contributed by atoms with Crippen LogP contribution in [-0.4, -0.2) is 21.3 Å². The maximum absolute atomic E-state index is 5.22. The molecule has 0 unspecified atom stereocenters. The number of aryl methyl sites for hydroxylation is 1. The Morgan fingerprint density at radius 3 is 1.47 bits per heavy atom. The van der Waals surface area contributed by atoms with Crippen molar-refractivity contribution in [1.29, 1.82) is 0 Å². The smallest absolute Gasteiger partial charge is 0.203 e. The van der Waals surface area contributed by atoms with Crippen LogP contribution < -0.4 is 14.2 Å². The fourth-order valence-electron chi connectivity index (χ4n) is 1.34. The Hall–Kier alpha value is -1.38. The molecule has 0 spiro atoms. The third-order valence-corrected chi connectivity index (χ3v) is 2.13. The van der Waals surface area contributed by atoms with Crippen LogP contribution in [0.15, 0.2) is 12.1 Å². The lowest BCUT2D eigenvalue weighted by Gasteiger charge is -2.13. The Labute approximate surface area is 105 Å². The van der Waals surface area contributed by atoms with E-state index in [1.807, 2.05) is 12.1 Å². The van der Waals surface area contributed by atoms with E-state index in [2.05, 4.69) is 20.8 Å². The molecule has 17 heavy (non-hydrogen) atoms. The van der Waals surface area contributed by atoms with Gasteiger partial charge in [0.05, 0.1) is 21.3 Å². The standard InChI is InChI=1S/C11H16O3.C3H8/c1-5-8-6-9(12-2)11(14-4)10(7-8)13-3;1-3-2/h6-7H,5H2,1-4H3;3H2,1-2H3. The molecule has 1 rings (SSSR count). The van der Waals surface area contributed by atoms with Gasteiger partial charge in [-0.15, -0.1) is 0 Å². The molecule has 0 saturated carbocycles. The largest absolute Gasteiger partial charge is 0.493 e. The van der Waals surface area contributed by atoms with Gasteiger partial charge in [0.25, 0.3) is 0 Å². The van der Waals surface area contributed by atoms with Crippen molar-refractivity contribution in [1.82, 2.24) is 0 Å². The minimum absolute atomic E-state index is 0.646.